The van der Waals surface area contributed by atoms with Gasteiger partial charge in [-0.2, -0.15) is 9.50 Å². The van der Waals surface area contributed by atoms with Crippen LogP contribution >= 0.6 is 11.3 Å². The molecule has 0 saturated carbocycles. The SMILES string of the molecule is NNc1nc2nnnn2c2sc3c(c12)CC[NH+](Cc1ccccc1)C3. The summed E-state index contributed by atoms with van der Waals surface area (Å²) in [6.07, 6.45) is 1.00. The van der Waals surface area contributed by atoms with E-state index in [9.17, 15) is 0 Å². The van der Waals surface area contributed by atoms with Crippen molar-refractivity contribution >= 4 is 33.1 Å². The minimum atomic E-state index is 0.465. The molecule has 1 unspecified atom stereocenters. The monoisotopic (exact) mass is 353 g/mol. The first-order chi connectivity index (χ1) is 12.3. The van der Waals surface area contributed by atoms with Gasteiger partial charge in [-0.15, -0.1) is 11.3 Å². The summed E-state index contributed by atoms with van der Waals surface area (Å²) in [6, 6.07) is 10.6. The number of nitrogen functional groups attached to an aromatic ring is 1. The number of thiophene rings is 1. The van der Waals surface area contributed by atoms with Gasteiger partial charge in [0.2, 0.25) is 0 Å². The molecule has 0 bridgehead atoms. The highest BCUT2D eigenvalue weighted by Crippen LogP contribution is 2.36. The molecule has 1 aliphatic heterocycles. The Kier molecular flexibility index (Phi) is 3.37. The van der Waals surface area contributed by atoms with Crippen molar-refractivity contribution in [2.24, 2.45) is 5.84 Å². The van der Waals surface area contributed by atoms with Crippen LogP contribution in [0.5, 0.6) is 0 Å². The van der Waals surface area contributed by atoms with Gasteiger partial charge < -0.3 is 10.3 Å². The number of tetrazole rings is 1. The van der Waals surface area contributed by atoms with E-state index in [1.165, 1.54) is 16.0 Å². The first-order valence-corrected chi connectivity index (χ1v) is 9.01. The summed E-state index contributed by atoms with van der Waals surface area (Å²) < 4.78 is 1.70. The molecule has 4 aromatic rings. The van der Waals surface area contributed by atoms with E-state index in [0.29, 0.717) is 11.6 Å². The zero-order valence-corrected chi connectivity index (χ0v) is 14.3. The molecule has 1 aliphatic rings. The topological polar surface area (TPSA) is 98.5 Å². The quantitative estimate of drug-likeness (QED) is 0.359. The van der Waals surface area contributed by atoms with Gasteiger partial charge in [0.15, 0.2) is 5.82 Å². The molecule has 1 aromatic carbocycles. The van der Waals surface area contributed by atoms with Crippen LogP contribution in [0, 0.1) is 0 Å². The molecule has 0 amide bonds. The molecular weight excluding hydrogens is 336 g/mol. The highest BCUT2D eigenvalue weighted by atomic mass is 32.1. The second kappa shape index (κ2) is 5.73. The van der Waals surface area contributed by atoms with Crippen LogP contribution in [-0.4, -0.2) is 31.6 Å². The average Bonchev–Trinajstić information content (AvgIpc) is 3.25. The molecule has 25 heavy (non-hydrogen) atoms. The summed E-state index contributed by atoms with van der Waals surface area (Å²) >= 11 is 1.74. The van der Waals surface area contributed by atoms with Crippen molar-refractivity contribution in [2.45, 2.75) is 19.5 Å². The largest absolute Gasteiger partial charge is 0.326 e. The molecule has 8 nitrogen and oxygen atoms in total. The molecule has 126 valence electrons. The summed E-state index contributed by atoms with van der Waals surface area (Å²) in [5, 5.41) is 12.8. The lowest BCUT2D eigenvalue weighted by atomic mass is 10.0. The first-order valence-electron chi connectivity index (χ1n) is 8.20. The number of nitrogens with one attached hydrogen (secondary N) is 2. The minimum Gasteiger partial charge on any atom is -0.326 e. The third-order valence-corrected chi connectivity index (χ3v) is 5.95. The highest BCUT2D eigenvalue weighted by Gasteiger charge is 2.27. The van der Waals surface area contributed by atoms with E-state index < -0.39 is 0 Å². The Hall–Kier alpha value is -2.62. The van der Waals surface area contributed by atoms with Gasteiger partial charge >= 0.3 is 0 Å². The van der Waals surface area contributed by atoms with E-state index >= 15 is 0 Å². The van der Waals surface area contributed by atoms with E-state index in [4.69, 9.17) is 5.84 Å². The second-order valence-electron chi connectivity index (χ2n) is 6.27. The van der Waals surface area contributed by atoms with Crippen LogP contribution in [0.3, 0.4) is 0 Å². The Labute approximate surface area is 147 Å². The normalized spacial score (nSPS) is 17.1. The maximum Gasteiger partial charge on any atom is 0.276 e. The van der Waals surface area contributed by atoms with Gasteiger partial charge in [-0.3, -0.25) is 0 Å². The van der Waals surface area contributed by atoms with E-state index in [1.54, 1.807) is 20.8 Å². The number of anilines is 1. The van der Waals surface area contributed by atoms with Crippen LogP contribution in [0.15, 0.2) is 30.3 Å². The summed E-state index contributed by atoms with van der Waals surface area (Å²) in [7, 11) is 0. The van der Waals surface area contributed by atoms with Gasteiger partial charge in [-0.1, -0.05) is 35.4 Å². The second-order valence-corrected chi connectivity index (χ2v) is 7.35. The lowest BCUT2D eigenvalue weighted by Crippen LogP contribution is -3.10. The number of aromatic nitrogens is 5. The van der Waals surface area contributed by atoms with Crippen LogP contribution in [-0.2, 0) is 19.5 Å². The summed E-state index contributed by atoms with van der Waals surface area (Å²) in [6.45, 7) is 3.12. The van der Waals surface area contributed by atoms with Crippen molar-refractivity contribution in [2.75, 3.05) is 12.0 Å². The number of nitrogens with zero attached hydrogens (tertiary/aromatic N) is 5. The fraction of sp³-hybridized carbons (Fsp3) is 0.250. The molecule has 4 N–H and O–H groups in total. The third-order valence-electron chi connectivity index (χ3n) is 4.74. The molecule has 3 aromatic heterocycles. The van der Waals surface area contributed by atoms with Crippen LogP contribution in [0.4, 0.5) is 5.82 Å². The maximum absolute atomic E-state index is 5.71. The molecule has 0 fully saturated rings. The minimum absolute atomic E-state index is 0.465. The standard InChI is InChI=1S/C16H16N8S/c17-19-14-13-11-6-7-23(8-10-4-2-1-3-5-10)9-12(11)25-15(13)24-16(18-14)20-21-22-24/h1-5H,6-9,17H2,(H,18,19,20,22)/p+1. The Morgan fingerprint density at radius 3 is 3.00 bits per heavy atom. The van der Waals surface area contributed by atoms with Gasteiger partial charge in [0.05, 0.1) is 16.8 Å². The smallest absolute Gasteiger partial charge is 0.276 e. The maximum atomic E-state index is 5.71. The Morgan fingerprint density at radius 2 is 2.16 bits per heavy atom. The summed E-state index contributed by atoms with van der Waals surface area (Å²) in [5.41, 5.74) is 5.42. The zero-order valence-electron chi connectivity index (χ0n) is 13.4. The van der Waals surface area contributed by atoms with Crippen molar-refractivity contribution in [1.82, 2.24) is 25.0 Å². The summed E-state index contributed by atoms with van der Waals surface area (Å²) in [4.78, 5) is 8.38. The molecular formula is C16H17N8S+. The number of hydrogen-bond donors (Lipinski definition) is 3. The molecule has 0 aliphatic carbocycles. The fourth-order valence-corrected chi connectivity index (χ4v) is 4.96. The molecule has 0 saturated heterocycles. The van der Waals surface area contributed by atoms with Crippen molar-refractivity contribution in [1.29, 1.82) is 0 Å². The van der Waals surface area contributed by atoms with Gasteiger partial charge in [0.25, 0.3) is 5.78 Å². The Balaban J connectivity index is 1.57. The van der Waals surface area contributed by atoms with Crippen molar-refractivity contribution in [3.8, 4) is 0 Å². The number of rotatable bonds is 3. The predicted molar refractivity (Wildman–Crippen MR) is 95.2 cm³/mol. The van der Waals surface area contributed by atoms with Gasteiger partial charge in [0, 0.05) is 12.0 Å². The van der Waals surface area contributed by atoms with Crippen molar-refractivity contribution < 1.29 is 4.90 Å². The Bertz CT molecular complexity index is 1050. The average molecular weight is 353 g/mol. The zero-order chi connectivity index (χ0) is 16.8. The summed E-state index contributed by atoms with van der Waals surface area (Å²) in [5.74, 6) is 6.83. The van der Waals surface area contributed by atoms with Crippen LogP contribution in [0.2, 0.25) is 0 Å². The number of quaternary nitrogens is 1. The predicted octanol–water partition coefficient (Wildman–Crippen LogP) is 0.161. The first kappa shape index (κ1) is 14.7. The lowest BCUT2D eigenvalue weighted by molar-refractivity contribution is -0.929. The lowest BCUT2D eigenvalue weighted by Gasteiger charge is -2.24. The van der Waals surface area contributed by atoms with Crippen LogP contribution < -0.4 is 16.2 Å². The van der Waals surface area contributed by atoms with E-state index in [0.717, 1.165) is 36.3 Å². The van der Waals surface area contributed by atoms with Crippen molar-refractivity contribution in [3.63, 3.8) is 0 Å². The number of nitrogens with two attached hydrogens (primary N) is 1. The van der Waals surface area contributed by atoms with Gasteiger partial charge in [0.1, 0.15) is 17.9 Å². The molecule has 0 radical (unpaired) electrons. The fourth-order valence-electron chi connectivity index (χ4n) is 3.59. The van der Waals surface area contributed by atoms with Gasteiger partial charge in [-0.05, 0) is 16.0 Å². The number of hydrazine groups is 1. The Morgan fingerprint density at radius 1 is 1.28 bits per heavy atom. The van der Waals surface area contributed by atoms with Crippen LogP contribution in [0.25, 0.3) is 16.0 Å². The van der Waals surface area contributed by atoms with E-state index in [2.05, 4.69) is 56.3 Å². The van der Waals surface area contributed by atoms with E-state index in [1.807, 2.05) is 0 Å². The molecule has 1 atom stereocenters. The van der Waals surface area contributed by atoms with Crippen LogP contribution in [0.1, 0.15) is 16.0 Å². The molecule has 9 heteroatoms. The highest BCUT2D eigenvalue weighted by molar-refractivity contribution is 7.19. The molecule has 0 spiro atoms. The van der Waals surface area contributed by atoms with Gasteiger partial charge in [-0.25, -0.2) is 5.84 Å². The molecule has 4 heterocycles. The number of hydrogen-bond acceptors (Lipinski definition) is 7. The van der Waals surface area contributed by atoms with E-state index in [-0.39, 0.29) is 0 Å². The molecule has 5 rings (SSSR count). The number of benzene rings is 1. The third kappa shape index (κ3) is 2.36. The van der Waals surface area contributed by atoms with Crippen molar-refractivity contribution in [3.05, 3.63) is 46.3 Å². The number of fused-ring (bicyclic) bond motifs is 5.